The average molecular weight is 379 g/mol. The number of amides is 1. The smallest absolute Gasteiger partial charge is 0.271 e. The highest BCUT2D eigenvalue weighted by molar-refractivity contribution is 6.29. The van der Waals surface area contributed by atoms with Crippen LogP contribution in [0.2, 0.25) is 5.15 Å². The molecule has 0 bridgehead atoms. The highest BCUT2D eigenvalue weighted by atomic mass is 35.5. The lowest BCUT2D eigenvalue weighted by molar-refractivity contribution is 0.0945. The largest absolute Gasteiger partial charge is 0.345 e. The Bertz CT molecular complexity index is 1110. The number of imidazole rings is 1. The van der Waals surface area contributed by atoms with Gasteiger partial charge in [-0.1, -0.05) is 41.4 Å². The number of hydrogen-bond acceptors (Lipinski definition) is 5. The molecule has 3 aromatic heterocycles. The van der Waals surface area contributed by atoms with E-state index in [-0.39, 0.29) is 18.1 Å². The van der Waals surface area contributed by atoms with Crippen LogP contribution in [-0.2, 0) is 6.54 Å². The molecule has 7 nitrogen and oxygen atoms in total. The van der Waals surface area contributed by atoms with Gasteiger partial charge in [0.05, 0.1) is 24.1 Å². The maximum atomic E-state index is 12.3. The van der Waals surface area contributed by atoms with Gasteiger partial charge in [0, 0.05) is 18.0 Å². The number of nitrogens with one attached hydrogen (secondary N) is 1. The summed E-state index contributed by atoms with van der Waals surface area (Å²) >= 11 is 6.06. The Morgan fingerprint density at radius 3 is 2.70 bits per heavy atom. The molecule has 4 rings (SSSR count). The SMILES string of the molecule is Cc1ccc(-c2nc3ccc(Cl)nn3c2CNC(=O)c2cnccn2)cc1. The Morgan fingerprint density at radius 1 is 1.15 bits per heavy atom. The maximum Gasteiger partial charge on any atom is 0.271 e. The van der Waals surface area contributed by atoms with Gasteiger partial charge < -0.3 is 5.32 Å². The van der Waals surface area contributed by atoms with Crippen LogP contribution in [0.4, 0.5) is 0 Å². The van der Waals surface area contributed by atoms with Crippen LogP contribution in [0.5, 0.6) is 0 Å². The van der Waals surface area contributed by atoms with E-state index in [1.807, 2.05) is 31.2 Å². The lowest BCUT2D eigenvalue weighted by atomic mass is 10.1. The van der Waals surface area contributed by atoms with E-state index in [1.54, 1.807) is 16.6 Å². The summed E-state index contributed by atoms with van der Waals surface area (Å²) in [6, 6.07) is 11.5. The quantitative estimate of drug-likeness (QED) is 0.589. The van der Waals surface area contributed by atoms with E-state index in [0.29, 0.717) is 10.8 Å². The summed E-state index contributed by atoms with van der Waals surface area (Å²) in [5.41, 5.74) is 4.46. The molecular formula is C19H15ClN6O. The molecule has 0 saturated carbocycles. The summed E-state index contributed by atoms with van der Waals surface area (Å²) in [6.45, 7) is 2.24. The predicted molar refractivity (Wildman–Crippen MR) is 101 cm³/mol. The number of aryl methyl sites for hydroxylation is 1. The van der Waals surface area contributed by atoms with E-state index in [9.17, 15) is 4.79 Å². The van der Waals surface area contributed by atoms with Crippen LogP contribution in [0.3, 0.4) is 0 Å². The third kappa shape index (κ3) is 3.50. The molecule has 8 heteroatoms. The normalized spacial score (nSPS) is 10.9. The van der Waals surface area contributed by atoms with Gasteiger partial charge in [-0.05, 0) is 19.1 Å². The molecule has 0 saturated heterocycles. The Hall–Kier alpha value is -3.32. The molecule has 0 aliphatic rings. The lowest BCUT2D eigenvalue weighted by Gasteiger charge is -2.07. The number of halogens is 1. The summed E-state index contributed by atoms with van der Waals surface area (Å²) in [6.07, 6.45) is 4.41. The zero-order valence-corrected chi connectivity index (χ0v) is 15.2. The van der Waals surface area contributed by atoms with Crippen molar-refractivity contribution in [3.8, 4) is 11.3 Å². The van der Waals surface area contributed by atoms with Crippen molar-refractivity contribution in [3.63, 3.8) is 0 Å². The van der Waals surface area contributed by atoms with Crippen LogP contribution >= 0.6 is 11.6 Å². The van der Waals surface area contributed by atoms with Crippen molar-refractivity contribution in [2.75, 3.05) is 0 Å². The highest BCUT2D eigenvalue weighted by Crippen LogP contribution is 2.25. The van der Waals surface area contributed by atoms with Crippen molar-refractivity contribution in [2.45, 2.75) is 13.5 Å². The maximum absolute atomic E-state index is 12.3. The van der Waals surface area contributed by atoms with E-state index in [1.165, 1.54) is 18.6 Å². The standard InChI is InChI=1S/C19H15ClN6O/c1-12-2-4-13(5-3-12)18-15(26-17(24-18)7-6-16(20)25-26)11-23-19(27)14-10-21-8-9-22-14/h2-10H,11H2,1H3,(H,23,27). The summed E-state index contributed by atoms with van der Waals surface area (Å²) in [5.74, 6) is -0.324. The molecule has 0 atom stereocenters. The lowest BCUT2D eigenvalue weighted by Crippen LogP contribution is -2.25. The summed E-state index contributed by atoms with van der Waals surface area (Å²) in [5, 5.41) is 7.52. The van der Waals surface area contributed by atoms with Crippen molar-refractivity contribution < 1.29 is 4.79 Å². The first-order valence-electron chi connectivity index (χ1n) is 8.27. The predicted octanol–water partition coefficient (Wildman–Crippen LogP) is 3.08. The Morgan fingerprint density at radius 2 is 1.96 bits per heavy atom. The molecule has 0 unspecified atom stereocenters. The first-order valence-corrected chi connectivity index (χ1v) is 8.65. The fourth-order valence-corrected chi connectivity index (χ4v) is 2.87. The minimum atomic E-state index is -0.324. The summed E-state index contributed by atoms with van der Waals surface area (Å²) in [7, 11) is 0. The van der Waals surface area contributed by atoms with E-state index < -0.39 is 0 Å². The molecule has 1 amide bonds. The monoisotopic (exact) mass is 378 g/mol. The van der Waals surface area contributed by atoms with Crippen molar-refractivity contribution in [1.29, 1.82) is 0 Å². The van der Waals surface area contributed by atoms with Crippen molar-refractivity contribution in [2.24, 2.45) is 0 Å². The van der Waals surface area contributed by atoms with Crippen LogP contribution in [0, 0.1) is 6.92 Å². The number of rotatable bonds is 4. The number of nitrogens with zero attached hydrogens (tertiary/aromatic N) is 5. The van der Waals surface area contributed by atoms with Crippen LogP contribution in [0.25, 0.3) is 16.9 Å². The van der Waals surface area contributed by atoms with Gasteiger partial charge in [0.1, 0.15) is 10.8 Å². The number of fused-ring (bicyclic) bond motifs is 1. The topological polar surface area (TPSA) is 85.1 Å². The molecule has 0 radical (unpaired) electrons. The second kappa shape index (κ2) is 7.13. The van der Waals surface area contributed by atoms with Gasteiger partial charge in [-0.3, -0.25) is 9.78 Å². The Labute approximate surface area is 160 Å². The molecule has 0 fully saturated rings. The summed E-state index contributed by atoms with van der Waals surface area (Å²) < 4.78 is 1.65. The van der Waals surface area contributed by atoms with Crippen LogP contribution < -0.4 is 5.32 Å². The number of carbonyl (C=O) groups is 1. The molecule has 134 valence electrons. The fraction of sp³-hybridized carbons (Fsp3) is 0.105. The minimum absolute atomic E-state index is 0.215. The van der Waals surface area contributed by atoms with Crippen molar-refractivity contribution in [3.05, 3.63) is 77.1 Å². The molecule has 0 aliphatic heterocycles. The highest BCUT2D eigenvalue weighted by Gasteiger charge is 2.17. The Balaban J connectivity index is 1.73. The van der Waals surface area contributed by atoms with E-state index >= 15 is 0 Å². The zero-order chi connectivity index (χ0) is 18.8. The van der Waals surface area contributed by atoms with Gasteiger partial charge in [-0.2, -0.15) is 5.10 Å². The van der Waals surface area contributed by atoms with Crippen LogP contribution in [-0.4, -0.2) is 30.5 Å². The van der Waals surface area contributed by atoms with Gasteiger partial charge in [-0.25, -0.2) is 14.5 Å². The molecule has 1 N–H and O–H groups in total. The van der Waals surface area contributed by atoms with Gasteiger partial charge in [0.15, 0.2) is 5.65 Å². The van der Waals surface area contributed by atoms with Crippen molar-refractivity contribution in [1.82, 2.24) is 29.9 Å². The molecule has 3 heterocycles. The average Bonchev–Trinajstić information content (AvgIpc) is 3.05. The number of hydrogen-bond donors (Lipinski definition) is 1. The van der Waals surface area contributed by atoms with E-state index in [0.717, 1.165) is 22.5 Å². The first kappa shape index (κ1) is 17.1. The molecule has 0 spiro atoms. The first-order chi connectivity index (χ1) is 13.1. The van der Waals surface area contributed by atoms with Gasteiger partial charge in [0.2, 0.25) is 0 Å². The second-order valence-corrected chi connectivity index (χ2v) is 6.36. The number of carbonyl (C=O) groups excluding carboxylic acids is 1. The molecular weight excluding hydrogens is 364 g/mol. The van der Waals surface area contributed by atoms with Crippen LogP contribution in [0.15, 0.2) is 55.0 Å². The summed E-state index contributed by atoms with van der Waals surface area (Å²) in [4.78, 5) is 24.9. The number of aromatic nitrogens is 5. The van der Waals surface area contributed by atoms with E-state index in [2.05, 4.69) is 25.4 Å². The van der Waals surface area contributed by atoms with Gasteiger partial charge in [0.25, 0.3) is 5.91 Å². The van der Waals surface area contributed by atoms with Gasteiger partial charge >= 0.3 is 0 Å². The third-order valence-electron chi connectivity index (χ3n) is 4.08. The van der Waals surface area contributed by atoms with Crippen molar-refractivity contribution >= 4 is 23.2 Å². The molecule has 0 aliphatic carbocycles. The van der Waals surface area contributed by atoms with Crippen LogP contribution in [0.1, 0.15) is 21.7 Å². The van der Waals surface area contributed by atoms with Gasteiger partial charge in [-0.15, -0.1) is 0 Å². The second-order valence-electron chi connectivity index (χ2n) is 5.97. The Kier molecular flexibility index (Phi) is 4.52. The molecule has 27 heavy (non-hydrogen) atoms. The zero-order valence-electron chi connectivity index (χ0n) is 14.4. The molecule has 4 aromatic rings. The minimum Gasteiger partial charge on any atom is -0.345 e. The molecule has 1 aromatic carbocycles. The third-order valence-corrected chi connectivity index (χ3v) is 4.28. The van der Waals surface area contributed by atoms with E-state index in [4.69, 9.17) is 11.6 Å². The fourth-order valence-electron chi connectivity index (χ4n) is 2.73. The number of benzene rings is 1.